The molecule has 1 aliphatic heterocycles. The van der Waals surface area contributed by atoms with Crippen molar-refractivity contribution < 1.29 is 23.9 Å². The molecule has 2 amide bonds. The molecule has 0 radical (unpaired) electrons. The summed E-state index contributed by atoms with van der Waals surface area (Å²) >= 11 is 13.4. The number of aryl methyl sites for hydroxylation is 1. The number of ketones is 1. The summed E-state index contributed by atoms with van der Waals surface area (Å²) in [5.74, 6) is -1.58. The van der Waals surface area contributed by atoms with Crippen molar-refractivity contribution in [3.05, 3.63) is 94.5 Å². The molecule has 0 N–H and O–H groups in total. The number of hydrogen-bond donors (Lipinski definition) is 0. The number of Topliss-reactive ketones (excluding diaryl/α,β-unsaturated/α-hetero) is 1. The van der Waals surface area contributed by atoms with E-state index in [0.29, 0.717) is 38.4 Å². The molecule has 0 spiro atoms. The number of hydrogen-bond acceptors (Lipinski definition) is 6. The summed E-state index contributed by atoms with van der Waals surface area (Å²) in [6, 6.07) is 20.7. The third-order valence-electron chi connectivity index (χ3n) is 9.17. The van der Waals surface area contributed by atoms with Crippen molar-refractivity contribution in [2.24, 2.45) is 23.7 Å². The molecule has 222 valence electrons. The molecule has 44 heavy (non-hydrogen) atoms. The first kappa shape index (κ1) is 29.3. The van der Waals surface area contributed by atoms with Gasteiger partial charge in [0.2, 0.25) is 11.8 Å². The topological polar surface area (TPSA) is 93.6 Å². The minimum Gasteiger partial charge on any atom is -0.454 e. The maximum Gasteiger partial charge on any atom is 0.339 e. The Morgan fingerprint density at radius 3 is 2.20 bits per heavy atom. The van der Waals surface area contributed by atoms with Crippen LogP contribution in [-0.4, -0.2) is 44.8 Å². The van der Waals surface area contributed by atoms with Crippen molar-refractivity contribution in [1.29, 1.82) is 0 Å². The van der Waals surface area contributed by atoms with Crippen molar-refractivity contribution in [3.8, 4) is 11.3 Å². The molecule has 1 aromatic heterocycles. The third kappa shape index (κ3) is 4.71. The number of esters is 1. The van der Waals surface area contributed by atoms with Crippen LogP contribution in [0.25, 0.3) is 22.2 Å². The summed E-state index contributed by atoms with van der Waals surface area (Å²) in [5.41, 5.74) is 3.92. The van der Waals surface area contributed by atoms with E-state index in [1.807, 2.05) is 19.1 Å². The number of para-hydroxylation sites is 1. The lowest BCUT2D eigenvalue weighted by atomic mass is 9.81. The fourth-order valence-electron chi connectivity index (χ4n) is 7.02. The molecule has 6 atom stereocenters. The van der Waals surface area contributed by atoms with Gasteiger partial charge < -0.3 is 4.74 Å². The monoisotopic (exact) mass is 734 g/mol. The van der Waals surface area contributed by atoms with E-state index < -0.39 is 12.6 Å². The van der Waals surface area contributed by atoms with E-state index in [1.165, 1.54) is 4.90 Å². The predicted octanol–water partition coefficient (Wildman–Crippen LogP) is 7.19. The van der Waals surface area contributed by atoms with E-state index in [2.05, 4.69) is 31.9 Å². The van der Waals surface area contributed by atoms with Gasteiger partial charge in [0.15, 0.2) is 12.4 Å². The van der Waals surface area contributed by atoms with Crippen LogP contribution in [0.15, 0.2) is 72.8 Å². The van der Waals surface area contributed by atoms with Gasteiger partial charge in [-0.15, -0.1) is 0 Å². The fraction of sp³-hybridized carbons (Fsp3) is 0.265. The molecule has 3 aliphatic rings. The van der Waals surface area contributed by atoms with E-state index in [9.17, 15) is 19.2 Å². The molecule has 2 saturated carbocycles. The number of amides is 2. The predicted molar refractivity (Wildman–Crippen MR) is 174 cm³/mol. The second kappa shape index (κ2) is 11.2. The Hall–Kier alpha value is -3.40. The quantitative estimate of drug-likeness (QED) is 0.0902. The molecule has 3 aromatic carbocycles. The summed E-state index contributed by atoms with van der Waals surface area (Å²) in [6.45, 7) is 1.48. The molecule has 7 rings (SSSR count). The minimum absolute atomic E-state index is 0.137. The zero-order chi connectivity index (χ0) is 30.9. The molecule has 6 unspecified atom stereocenters. The number of fused-ring (bicyclic) bond motifs is 6. The normalized spacial score (nSPS) is 25.5. The van der Waals surface area contributed by atoms with Gasteiger partial charge in [-0.25, -0.2) is 9.78 Å². The van der Waals surface area contributed by atoms with E-state index in [1.54, 1.807) is 60.7 Å². The molecule has 10 heteroatoms. The van der Waals surface area contributed by atoms with Gasteiger partial charge in [-0.05, 0) is 73.2 Å². The lowest BCUT2D eigenvalue weighted by molar-refractivity contribution is -0.123. The number of nitrogens with zero attached hydrogens (tertiary/aromatic N) is 2. The maximum atomic E-state index is 13.5. The Labute approximate surface area is 275 Å². The highest BCUT2D eigenvalue weighted by Crippen LogP contribution is 2.60. The van der Waals surface area contributed by atoms with E-state index in [-0.39, 0.29) is 56.5 Å². The van der Waals surface area contributed by atoms with Gasteiger partial charge in [0.25, 0.3) is 0 Å². The standard InChI is InChI=1S/C34H25Br2ClN2O5/c1-16-3-2-4-21-22(34(43)44-15-26(40)18-5-9-19(37)10-6-18)14-25(38-31(16)21)17-7-11-20(12-8-17)39-32(41)27-23-13-24(28(27)33(39)42)30(36)29(23)35/h2-12,14,23-24,27-30H,13,15H2,1H3. The van der Waals surface area contributed by atoms with Crippen LogP contribution in [0.2, 0.25) is 5.02 Å². The fourth-order valence-corrected chi connectivity index (χ4v) is 9.02. The van der Waals surface area contributed by atoms with Crippen molar-refractivity contribution in [2.45, 2.75) is 23.0 Å². The molecule has 1 saturated heterocycles. The Kier molecular flexibility index (Phi) is 7.46. The summed E-state index contributed by atoms with van der Waals surface area (Å²) in [4.78, 5) is 59.5. The van der Waals surface area contributed by atoms with E-state index >= 15 is 0 Å². The Bertz CT molecular complexity index is 1830. The molecule has 4 aromatic rings. The number of rotatable bonds is 6. The highest BCUT2D eigenvalue weighted by Gasteiger charge is 2.66. The lowest BCUT2D eigenvalue weighted by Crippen LogP contribution is -2.37. The van der Waals surface area contributed by atoms with Crippen LogP contribution in [0.5, 0.6) is 0 Å². The molecular formula is C34H25Br2ClN2O5. The number of imide groups is 1. The first-order chi connectivity index (χ1) is 21.1. The maximum absolute atomic E-state index is 13.5. The largest absolute Gasteiger partial charge is 0.454 e. The van der Waals surface area contributed by atoms with Crippen molar-refractivity contribution in [3.63, 3.8) is 0 Å². The van der Waals surface area contributed by atoms with Crippen molar-refractivity contribution in [1.82, 2.24) is 4.98 Å². The van der Waals surface area contributed by atoms with Gasteiger partial charge in [-0.3, -0.25) is 19.3 Å². The first-order valence-corrected chi connectivity index (χ1v) is 16.5. The Morgan fingerprint density at radius 2 is 1.57 bits per heavy atom. The number of pyridine rings is 1. The Balaban J connectivity index is 1.16. The molecule has 7 nitrogen and oxygen atoms in total. The zero-order valence-electron chi connectivity index (χ0n) is 23.4. The van der Waals surface area contributed by atoms with E-state index in [4.69, 9.17) is 21.3 Å². The average molecular weight is 737 g/mol. The number of aromatic nitrogens is 1. The molecular weight excluding hydrogens is 712 g/mol. The van der Waals surface area contributed by atoms with Crippen LogP contribution >= 0.6 is 43.5 Å². The Morgan fingerprint density at radius 1 is 0.932 bits per heavy atom. The summed E-state index contributed by atoms with van der Waals surface area (Å²) in [7, 11) is 0. The second-order valence-electron chi connectivity index (χ2n) is 11.6. The number of anilines is 1. The molecule has 2 heterocycles. The summed E-state index contributed by atoms with van der Waals surface area (Å²) < 4.78 is 5.46. The van der Waals surface area contributed by atoms with Crippen LogP contribution < -0.4 is 4.90 Å². The van der Waals surface area contributed by atoms with Gasteiger partial charge in [-0.1, -0.05) is 73.8 Å². The third-order valence-corrected chi connectivity index (χ3v) is 12.6. The smallest absolute Gasteiger partial charge is 0.339 e. The first-order valence-electron chi connectivity index (χ1n) is 14.3. The average Bonchev–Trinajstić information content (AvgIpc) is 3.64. The second-order valence-corrected chi connectivity index (χ2v) is 14.1. The number of carbonyl (C=O) groups is 4. The molecule has 2 aliphatic carbocycles. The van der Waals surface area contributed by atoms with Crippen LogP contribution in [-0.2, 0) is 14.3 Å². The molecule has 3 fully saturated rings. The van der Waals surface area contributed by atoms with Crippen LogP contribution in [0.3, 0.4) is 0 Å². The highest BCUT2D eigenvalue weighted by atomic mass is 79.9. The van der Waals surface area contributed by atoms with Crippen molar-refractivity contribution >= 4 is 83.6 Å². The number of benzene rings is 3. The number of halogens is 3. The van der Waals surface area contributed by atoms with Gasteiger partial charge in [0.1, 0.15) is 0 Å². The number of ether oxygens (including phenoxy) is 1. The van der Waals surface area contributed by atoms with Gasteiger partial charge in [0, 0.05) is 31.2 Å². The number of carbonyl (C=O) groups excluding carboxylic acids is 4. The molecule has 2 bridgehead atoms. The lowest BCUT2D eigenvalue weighted by Gasteiger charge is -2.28. The highest BCUT2D eigenvalue weighted by molar-refractivity contribution is 9.12. The minimum atomic E-state index is -0.646. The van der Waals surface area contributed by atoms with Crippen molar-refractivity contribution in [2.75, 3.05) is 11.5 Å². The zero-order valence-corrected chi connectivity index (χ0v) is 27.3. The van der Waals surface area contributed by atoms with Gasteiger partial charge in [0.05, 0.1) is 34.3 Å². The summed E-state index contributed by atoms with van der Waals surface area (Å²) in [6.07, 6.45) is 0.874. The number of alkyl halides is 2. The van der Waals surface area contributed by atoms with Gasteiger partial charge in [-0.2, -0.15) is 0 Å². The summed E-state index contributed by atoms with van der Waals surface area (Å²) in [5, 5.41) is 1.12. The van der Waals surface area contributed by atoms with Gasteiger partial charge >= 0.3 is 5.97 Å². The van der Waals surface area contributed by atoms with Crippen LogP contribution in [0.4, 0.5) is 5.69 Å². The van der Waals surface area contributed by atoms with E-state index in [0.717, 1.165) is 12.0 Å². The SMILES string of the molecule is Cc1cccc2c(C(=O)OCC(=O)c3ccc(Cl)cc3)cc(-c3ccc(N4C(=O)C5C6CC(C(Br)C6Br)C5C4=O)cc3)nc12. The van der Waals surface area contributed by atoms with Crippen LogP contribution in [0.1, 0.15) is 32.7 Å². The van der Waals surface area contributed by atoms with Crippen LogP contribution in [0, 0.1) is 30.6 Å².